The fourth-order valence-electron chi connectivity index (χ4n) is 2.68. The van der Waals surface area contributed by atoms with Gasteiger partial charge >= 0.3 is 12.3 Å². The van der Waals surface area contributed by atoms with Gasteiger partial charge in [0.15, 0.2) is 11.5 Å². The summed E-state index contributed by atoms with van der Waals surface area (Å²) in [4.78, 5) is 25.2. The molecule has 1 saturated carbocycles. The highest BCUT2D eigenvalue weighted by atomic mass is 19.4. The predicted molar refractivity (Wildman–Crippen MR) is 97.8 cm³/mol. The van der Waals surface area contributed by atoms with Gasteiger partial charge in [-0.1, -0.05) is 12.1 Å². The van der Waals surface area contributed by atoms with Gasteiger partial charge in [0.1, 0.15) is 5.60 Å². The largest absolute Gasteiger partial charge is 0.443 e. The monoisotopic (exact) mass is 410 g/mol. The molecule has 1 amide bonds. The molecule has 0 bridgehead atoms. The molecule has 1 aromatic heterocycles. The Hall–Kier alpha value is -2.84. The number of hydrogen-bond acceptors (Lipinski definition) is 5. The van der Waals surface area contributed by atoms with Crippen molar-refractivity contribution in [2.75, 3.05) is 5.32 Å². The van der Waals surface area contributed by atoms with Crippen molar-refractivity contribution in [3.8, 4) is 0 Å². The number of alkyl halides is 3. The standard InChI is InChI=1S/C20H21F3N2O4/c1-4-19(2,3)28-18(27)25-15-9-12(20(21,22)23)7-8-13(15)16(26)14-10-24-29-17(14)11-5-6-11/h7-11H,4-6H2,1-3H3,(H,25,27). The third-order valence-corrected chi connectivity index (χ3v) is 4.84. The van der Waals surface area contributed by atoms with Crippen molar-refractivity contribution < 1.29 is 32.0 Å². The van der Waals surface area contributed by atoms with E-state index in [4.69, 9.17) is 9.26 Å². The topological polar surface area (TPSA) is 81.4 Å². The molecule has 156 valence electrons. The van der Waals surface area contributed by atoms with Crippen LogP contribution in [0.4, 0.5) is 23.7 Å². The van der Waals surface area contributed by atoms with Gasteiger partial charge in [-0.3, -0.25) is 10.1 Å². The average Bonchev–Trinajstić information content (AvgIpc) is 3.36. The number of anilines is 1. The molecule has 1 fully saturated rings. The molecule has 0 unspecified atom stereocenters. The molecule has 1 N–H and O–H groups in total. The number of ether oxygens (including phenoxy) is 1. The smallest absolute Gasteiger partial charge is 0.416 e. The summed E-state index contributed by atoms with van der Waals surface area (Å²) in [6, 6.07) is 2.55. The SMILES string of the molecule is CCC(C)(C)OC(=O)Nc1cc(C(F)(F)F)ccc1C(=O)c1cnoc1C1CC1. The maximum absolute atomic E-state index is 13.2. The summed E-state index contributed by atoms with van der Waals surface area (Å²) in [7, 11) is 0. The first-order valence-corrected chi connectivity index (χ1v) is 9.22. The Balaban J connectivity index is 1.96. The lowest BCUT2D eigenvalue weighted by Crippen LogP contribution is -2.30. The summed E-state index contributed by atoms with van der Waals surface area (Å²) in [6.07, 6.45) is -2.13. The Kier molecular flexibility index (Phi) is 5.42. The molecule has 0 saturated heterocycles. The molecule has 29 heavy (non-hydrogen) atoms. The van der Waals surface area contributed by atoms with Gasteiger partial charge in [0, 0.05) is 11.5 Å². The summed E-state index contributed by atoms with van der Waals surface area (Å²) >= 11 is 0. The molecule has 0 radical (unpaired) electrons. The van der Waals surface area contributed by atoms with E-state index in [1.54, 1.807) is 20.8 Å². The highest BCUT2D eigenvalue weighted by Gasteiger charge is 2.35. The molecule has 9 heteroatoms. The van der Waals surface area contributed by atoms with Gasteiger partial charge in [-0.2, -0.15) is 13.2 Å². The lowest BCUT2D eigenvalue weighted by molar-refractivity contribution is -0.137. The first-order chi connectivity index (χ1) is 13.5. The number of nitrogens with one attached hydrogen (secondary N) is 1. The molecule has 3 rings (SSSR count). The minimum absolute atomic E-state index is 0.0811. The van der Waals surface area contributed by atoms with E-state index >= 15 is 0 Å². The Morgan fingerprint density at radius 2 is 1.93 bits per heavy atom. The van der Waals surface area contributed by atoms with Crippen molar-refractivity contribution in [1.29, 1.82) is 0 Å². The summed E-state index contributed by atoms with van der Waals surface area (Å²) in [6.45, 7) is 5.14. The minimum Gasteiger partial charge on any atom is -0.443 e. The Morgan fingerprint density at radius 3 is 2.52 bits per heavy atom. The van der Waals surface area contributed by atoms with Crippen LogP contribution in [0.15, 0.2) is 28.9 Å². The van der Waals surface area contributed by atoms with Crippen LogP contribution in [0.25, 0.3) is 0 Å². The van der Waals surface area contributed by atoms with Crippen LogP contribution in [0.1, 0.15) is 73.2 Å². The summed E-state index contributed by atoms with van der Waals surface area (Å²) in [5.74, 6) is -0.0832. The zero-order valence-corrected chi connectivity index (χ0v) is 16.2. The van der Waals surface area contributed by atoms with E-state index in [9.17, 15) is 22.8 Å². The normalized spacial score (nSPS) is 14.6. The Morgan fingerprint density at radius 1 is 1.24 bits per heavy atom. The van der Waals surface area contributed by atoms with E-state index in [0.717, 1.165) is 31.0 Å². The number of halogens is 3. The van der Waals surface area contributed by atoms with E-state index in [1.165, 1.54) is 6.20 Å². The number of aromatic nitrogens is 1. The molecule has 0 aliphatic heterocycles. The number of carbonyl (C=O) groups is 2. The number of amides is 1. The van der Waals surface area contributed by atoms with Gasteiger partial charge in [0.05, 0.1) is 23.0 Å². The van der Waals surface area contributed by atoms with E-state index in [1.807, 2.05) is 0 Å². The maximum Gasteiger partial charge on any atom is 0.416 e. The lowest BCUT2D eigenvalue weighted by Gasteiger charge is -2.24. The molecule has 1 heterocycles. The van der Waals surface area contributed by atoms with Gasteiger partial charge in [0.25, 0.3) is 0 Å². The van der Waals surface area contributed by atoms with Crippen molar-refractivity contribution in [2.24, 2.45) is 0 Å². The molecule has 0 spiro atoms. The van der Waals surface area contributed by atoms with Gasteiger partial charge < -0.3 is 9.26 Å². The van der Waals surface area contributed by atoms with Crippen LogP contribution in [0.2, 0.25) is 0 Å². The number of benzene rings is 1. The third kappa shape index (κ3) is 4.78. The predicted octanol–water partition coefficient (Wildman–Crippen LogP) is 5.54. The molecule has 1 aliphatic carbocycles. The van der Waals surface area contributed by atoms with Crippen molar-refractivity contribution in [1.82, 2.24) is 5.16 Å². The first-order valence-electron chi connectivity index (χ1n) is 9.22. The van der Waals surface area contributed by atoms with Crippen LogP contribution < -0.4 is 5.32 Å². The lowest BCUT2D eigenvalue weighted by atomic mass is 9.99. The van der Waals surface area contributed by atoms with Crippen molar-refractivity contribution in [2.45, 2.75) is 57.7 Å². The van der Waals surface area contributed by atoms with Crippen LogP contribution in [-0.4, -0.2) is 22.6 Å². The average molecular weight is 410 g/mol. The number of hydrogen-bond donors (Lipinski definition) is 1. The first kappa shape index (κ1) is 20.9. The number of nitrogens with zero attached hydrogens (tertiary/aromatic N) is 1. The molecule has 6 nitrogen and oxygen atoms in total. The van der Waals surface area contributed by atoms with Gasteiger partial charge in [-0.15, -0.1) is 0 Å². The van der Waals surface area contributed by atoms with Crippen LogP contribution in [0.5, 0.6) is 0 Å². The van der Waals surface area contributed by atoms with Crippen molar-refractivity contribution >= 4 is 17.6 Å². The molecule has 1 aromatic carbocycles. The quantitative estimate of drug-likeness (QED) is 0.633. The van der Waals surface area contributed by atoms with E-state index in [-0.39, 0.29) is 22.7 Å². The molecule has 1 aliphatic rings. The maximum atomic E-state index is 13.2. The Bertz CT molecular complexity index is 930. The van der Waals surface area contributed by atoms with Gasteiger partial charge in [0.2, 0.25) is 0 Å². The number of carbonyl (C=O) groups excluding carboxylic acids is 2. The van der Waals surface area contributed by atoms with E-state index in [0.29, 0.717) is 12.2 Å². The zero-order chi connectivity index (χ0) is 21.4. The molecule has 0 atom stereocenters. The third-order valence-electron chi connectivity index (χ3n) is 4.84. The number of ketones is 1. The zero-order valence-electron chi connectivity index (χ0n) is 16.2. The fourth-order valence-corrected chi connectivity index (χ4v) is 2.68. The van der Waals surface area contributed by atoms with E-state index in [2.05, 4.69) is 10.5 Å². The number of rotatable bonds is 6. The summed E-state index contributed by atoms with van der Waals surface area (Å²) < 4.78 is 49.9. The summed E-state index contributed by atoms with van der Waals surface area (Å²) in [5.41, 5.74) is -2.02. The van der Waals surface area contributed by atoms with Crippen LogP contribution in [0.3, 0.4) is 0 Å². The second-order valence-corrected chi connectivity index (χ2v) is 7.59. The van der Waals surface area contributed by atoms with Crippen LogP contribution in [-0.2, 0) is 10.9 Å². The van der Waals surface area contributed by atoms with Gasteiger partial charge in [-0.05, 0) is 51.3 Å². The molecule has 2 aromatic rings. The minimum atomic E-state index is -4.64. The van der Waals surface area contributed by atoms with E-state index < -0.39 is 29.2 Å². The summed E-state index contributed by atoms with van der Waals surface area (Å²) in [5, 5.41) is 5.94. The Labute approximate surface area is 165 Å². The molecular weight excluding hydrogens is 389 g/mol. The second kappa shape index (κ2) is 7.53. The fraction of sp³-hybridized carbons (Fsp3) is 0.450. The highest BCUT2D eigenvalue weighted by molar-refractivity contribution is 6.14. The van der Waals surface area contributed by atoms with Crippen LogP contribution in [0, 0.1) is 0 Å². The van der Waals surface area contributed by atoms with Crippen LogP contribution >= 0.6 is 0 Å². The van der Waals surface area contributed by atoms with Crippen molar-refractivity contribution in [3.05, 3.63) is 46.8 Å². The highest BCUT2D eigenvalue weighted by Crippen LogP contribution is 2.42. The van der Waals surface area contributed by atoms with Crippen molar-refractivity contribution in [3.63, 3.8) is 0 Å². The van der Waals surface area contributed by atoms with Gasteiger partial charge in [-0.25, -0.2) is 4.79 Å². The second-order valence-electron chi connectivity index (χ2n) is 7.59. The molecular formula is C20H21F3N2O4.